The topological polar surface area (TPSA) is 46.5 Å². The second-order valence-electron chi connectivity index (χ2n) is 4.90. The van der Waals surface area contributed by atoms with E-state index in [0.29, 0.717) is 0 Å². The maximum absolute atomic E-state index is 11.1. The van der Waals surface area contributed by atoms with E-state index in [1.165, 1.54) is 0 Å². The summed E-state index contributed by atoms with van der Waals surface area (Å²) in [5.74, 6) is -0.644. The summed E-state index contributed by atoms with van der Waals surface area (Å²) in [5, 5.41) is 9.08. The van der Waals surface area contributed by atoms with Gasteiger partial charge in [0.05, 0.1) is 5.60 Å². The van der Waals surface area contributed by atoms with Gasteiger partial charge in [-0.15, -0.1) is 0 Å². The van der Waals surface area contributed by atoms with Crippen LogP contribution in [0.15, 0.2) is 0 Å². The minimum atomic E-state index is -0.988. The lowest BCUT2D eigenvalue weighted by molar-refractivity contribution is -0.185. The maximum atomic E-state index is 11.1. The molecule has 0 spiro atoms. The molecule has 0 saturated heterocycles. The van der Waals surface area contributed by atoms with E-state index in [9.17, 15) is 4.79 Å². The molecule has 1 unspecified atom stereocenters. The predicted molar refractivity (Wildman–Crippen MR) is 49.6 cm³/mol. The monoisotopic (exact) mass is 186 g/mol. The SMILES string of the molecule is CC(C)(C)OC(C)(C(=O)O)C1CC1. The molecule has 1 aliphatic carbocycles. The zero-order valence-corrected chi connectivity index (χ0v) is 8.76. The molecule has 1 fully saturated rings. The van der Waals surface area contributed by atoms with Crippen molar-refractivity contribution < 1.29 is 14.6 Å². The van der Waals surface area contributed by atoms with E-state index in [1.54, 1.807) is 6.92 Å². The van der Waals surface area contributed by atoms with Crippen molar-refractivity contribution >= 4 is 5.97 Å². The molecule has 3 heteroatoms. The Labute approximate surface area is 79.1 Å². The standard InChI is InChI=1S/C10H18O3/c1-9(2,3)13-10(4,8(11)12)7-5-6-7/h7H,5-6H2,1-4H3,(H,11,12). The van der Waals surface area contributed by atoms with E-state index in [-0.39, 0.29) is 5.92 Å². The highest BCUT2D eigenvalue weighted by Crippen LogP contribution is 2.43. The molecular formula is C10H18O3. The van der Waals surface area contributed by atoms with E-state index in [2.05, 4.69) is 0 Å². The van der Waals surface area contributed by atoms with Crippen LogP contribution < -0.4 is 0 Å². The molecule has 0 aromatic carbocycles. The highest BCUT2D eigenvalue weighted by molar-refractivity contribution is 5.78. The summed E-state index contributed by atoms with van der Waals surface area (Å²) in [7, 11) is 0. The van der Waals surface area contributed by atoms with E-state index >= 15 is 0 Å². The molecule has 1 atom stereocenters. The molecule has 0 aromatic heterocycles. The van der Waals surface area contributed by atoms with E-state index in [1.807, 2.05) is 20.8 Å². The number of carbonyl (C=O) groups is 1. The van der Waals surface area contributed by atoms with Crippen molar-refractivity contribution in [2.24, 2.45) is 5.92 Å². The highest BCUT2D eigenvalue weighted by Gasteiger charge is 2.50. The molecule has 0 heterocycles. The third-order valence-corrected chi connectivity index (χ3v) is 2.30. The fourth-order valence-corrected chi connectivity index (χ4v) is 1.57. The summed E-state index contributed by atoms with van der Waals surface area (Å²) in [4.78, 5) is 11.1. The molecule has 1 saturated carbocycles. The largest absolute Gasteiger partial charge is 0.479 e. The van der Waals surface area contributed by atoms with Crippen LogP contribution in [0.5, 0.6) is 0 Å². The molecule has 0 aromatic rings. The number of hydrogen-bond acceptors (Lipinski definition) is 2. The lowest BCUT2D eigenvalue weighted by Crippen LogP contribution is -2.46. The molecule has 0 bridgehead atoms. The summed E-state index contributed by atoms with van der Waals surface area (Å²) in [6, 6.07) is 0. The van der Waals surface area contributed by atoms with Gasteiger partial charge < -0.3 is 9.84 Å². The molecule has 1 rings (SSSR count). The lowest BCUT2D eigenvalue weighted by Gasteiger charge is -2.33. The fraction of sp³-hybridized carbons (Fsp3) is 0.900. The third-order valence-electron chi connectivity index (χ3n) is 2.30. The number of aliphatic carboxylic acids is 1. The van der Waals surface area contributed by atoms with Crippen LogP contribution in [0.4, 0.5) is 0 Å². The Morgan fingerprint density at radius 2 is 1.77 bits per heavy atom. The van der Waals surface area contributed by atoms with E-state index in [0.717, 1.165) is 12.8 Å². The molecule has 76 valence electrons. The molecular weight excluding hydrogens is 168 g/mol. The van der Waals surface area contributed by atoms with Crippen molar-refractivity contribution in [2.75, 3.05) is 0 Å². The highest BCUT2D eigenvalue weighted by atomic mass is 16.5. The second-order valence-corrected chi connectivity index (χ2v) is 4.90. The Hall–Kier alpha value is -0.570. The van der Waals surface area contributed by atoms with Crippen molar-refractivity contribution in [1.29, 1.82) is 0 Å². The zero-order chi connectivity index (χ0) is 10.3. The molecule has 0 aliphatic heterocycles. The Bertz CT molecular complexity index is 213. The quantitative estimate of drug-likeness (QED) is 0.733. The summed E-state index contributed by atoms with van der Waals surface area (Å²) in [6.45, 7) is 7.34. The first-order valence-electron chi connectivity index (χ1n) is 4.69. The van der Waals surface area contributed by atoms with E-state index in [4.69, 9.17) is 9.84 Å². The Balaban J connectivity index is 2.73. The summed E-state index contributed by atoms with van der Waals surface area (Å²) in [5.41, 5.74) is -1.38. The molecule has 3 nitrogen and oxygen atoms in total. The average molecular weight is 186 g/mol. The van der Waals surface area contributed by atoms with Crippen LogP contribution in [0.3, 0.4) is 0 Å². The van der Waals surface area contributed by atoms with Crippen LogP contribution in [0.25, 0.3) is 0 Å². The fourth-order valence-electron chi connectivity index (χ4n) is 1.57. The summed E-state index contributed by atoms with van der Waals surface area (Å²) < 4.78 is 5.61. The summed E-state index contributed by atoms with van der Waals surface area (Å²) >= 11 is 0. The van der Waals surface area contributed by atoms with Crippen LogP contribution in [0.1, 0.15) is 40.5 Å². The summed E-state index contributed by atoms with van der Waals surface area (Å²) in [6.07, 6.45) is 1.94. The van der Waals surface area contributed by atoms with Crippen molar-refractivity contribution in [2.45, 2.75) is 51.7 Å². The van der Waals surface area contributed by atoms with Gasteiger partial charge in [0.2, 0.25) is 0 Å². The van der Waals surface area contributed by atoms with Crippen LogP contribution in [-0.4, -0.2) is 22.3 Å². The number of carboxylic acids is 1. The Kier molecular flexibility index (Phi) is 2.41. The van der Waals surface area contributed by atoms with Gasteiger partial charge in [-0.25, -0.2) is 4.79 Å². The lowest BCUT2D eigenvalue weighted by atomic mass is 9.99. The van der Waals surface area contributed by atoms with Crippen LogP contribution in [-0.2, 0) is 9.53 Å². The molecule has 0 radical (unpaired) electrons. The first-order valence-corrected chi connectivity index (χ1v) is 4.69. The van der Waals surface area contributed by atoms with Gasteiger partial charge in [-0.2, -0.15) is 0 Å². The first-order chi connectivity index (χ1) is 5.76. The Morgan fingerprint density at radius 1 is 1.31 bits per heavy atom. The third kappa shape index (κ3) is 2.44. The first kappa shape index (κ1) is 10.5. The Morgan fingerprint density at radius 3 is 2.00 bits per heavy atom. The second kappa shape index (κ2) is 2.98. The van der Waals surface area contributed by atoms with Crippen LogP contribution >= 0.6 is 0 Å². The van der Waals surface area contributed by atoms with Gasteiger partial charge >= 0.3 is 5.97 Å². The molecule has 1 N–H and O–H groups in total. The molecule has 1 aliphatic rings. The van der Waals surface area contributed by atoms with Crippen molar-refractivity contribution in [3.8, 4) is 0 Å². The van der Waals surface area contributed by atoms with Crippen molar-refractivity contribution in [1.82, 2.24) is 0 Å². The van der Waals surface area contributed by atoms with Gasteiger partial charge in [-0.1, -0.05) is 0 Å². The molecule has 13 heavy (non-hydrogen) atoms. The number of carboxylic acid groups (broad SMARTS) is 1. The van der Waals surface area contributed by atoms with Gasteiger partial charge in [0.25, 0.3) is 0 Å². The van der Waals surface area contributed by atoms with Gasteiger partial charge in [0.15, 0.2) is 5.60 Å². The normalized spacial score (nSPS) is 22.5. The number of hydrogen-bond donors (Lipinski definition) is 1. The van der Waals surface area contributed by atoms with Crippen molar-refractivity contribution in [3.63, 3.8) is 0 Å². The molecule has 0 amide bonds. The number of ether oxygens (including phenoxy) is 1. The smallest absolute Gasteiger partial charge is 0.335 e. The van der Waals surface area contributed by atoms with Crippen molar-refractivity contribution in [3.05, 3.63) is 0 Å². The minimum Gasteiger partial charge on any atom is -0.479 e. The predicted octanol–water partition coefficient (Wildman–Crippen LogP) is 2.05. The van der Waals surface area contributed by atoms with Gasteiger partial charge in [0, 0.05) is 0 Å². The van der Waals surface area contributed by atoms with Gasteiger partial charge in [0.1, 0.15) is 0 Å². The van der Waals surface area contributed by atoms with Gasteiger partial charge in [-0.05, 0) is 46.5 Å². The average Bonchev–Trinajstić information content (AvgIpc) is 2.62. The van der Waals surface area contributed by atoms with Crippen LogP contribution in [0.2, 0.25) is 0 Å². The zero-order valence-electron chi connectivity index (χ0n) is 8.76. The van der Waals surface area contributed by atoms with E-state index < -0.39 is 17.2 Å². The van der Waals surface area contributed by atoms with Crippen LogP contribution in [0, 0.1) is 5.92 Å². The minimum absolute atomic E-state index is 0.198. The van der Waals surface area contributed by atoms with Gasteiger partial charge in [-0.3, -0.25) is 0 Å². The maximum Gasteiger partial charge on any atom is 0.335 e. The number of rotatable bonds is 3.